The highest BCUT2D eigenvalue weighted by atomic mass is 16.7. The van der Waals surface area contributed by atoms with Gasteiger partial charge in [0, 0.05) is 31.0 Å². The van der Waals surface area contributed by atoms with Crippen LogP contribution in [0.2, 0.25) is 0 Å². The number of rotatable bonds is 7. The van der Waals surface area contributed by atoms with Gasteiger partial charge in [0.2, 0.25) is 18.6 Å². The van der Waals surface area contributed by atoms with Crippen LogP contribution in [0.5, 0.6) is 11.5 Å². The van der Waals surface area contributed by atoms with E-state index in [2.05, 4.69) is 15.6 Å². The first kappa shape index (κ1) is 24.0. The predicted octanol–water partition coefficient (Wildman–Crippen LogP) is 3.72. The van der Waals surface area contributed by atoms with Crippen molar-refractivity contribution >= 4 is 28.5 Å². The van der Waals surface area contributed by atoms with Crippen molar-refractivity contribution in [3.63, 3.8) is 0 Å². The highest BCUT2D eigenvalue weighted by Crippen LogP contribution is 2.38. The molecule has 1 aliphatic heterocycles. The van der Waals surface area contributed by atoms with Crippen molar-refractivity contribution in [1.82, 2.24) is 24.9 Å². The second-order valence-electron chi connectivity index (χ2n) is 9.83. The van der Waals surface area contributed by atoms with Gasteiger partial charge < -0.3 is 19.4 Å². The Labute approximate surface area is 220 Å². The van der Waals surface area contributed by atoms with Crippen molar-refractivity contribution in [3.8, 4) is 11.5 Å². The number of hydrogen-bond acceptors (Lipinski definition) is 6. The zero-order valence-corrected chi connectivity index (χ0v) is 21.2. The quantitative estimate of drug-likeness (QED) is 0.403. The highest BCUT2D eigenvalue weighted by Gasteiger charge is 2.36. The van der Waals surface area contributed by atoms with Gasteiger partial charge in [-0.2, -0.15) is 0 Å². The van der Waals surface area contributed by atoms with Crippen LogP contribution in [0.4, 0.5) is 5.69 Å². The Morgan fingerprint density at radius 3 is 2.68 bits per heavy atom. The van der Waals surface area contributed by atoms with E-state index in [4.69, 9.17) is 9.47 Å². The van der Waals surface area contributed by atoms with Crippen LogP contribution < -0.4 is 19.7 Å². The molecule has 1 aliphatic carbocycles. The molecule has 0 unspecified atom stereocenters. The number of fused-ring (bicyclic) bond motifs is 2. The molecule has 1 fully saturated rings. The molecule has 2 amide bonds. The average Bonchev–Trinajstić information content (AvgIpc) is 3.67. The number of aromatic nitrogens is 4. The minimum absolute atomic E-state index is 0.0898. The second kappa shape index (κ2) is 10.2. The fourth-order valence-corrected chi connectivity index (χ4v) is 5.38. The molecule has 1 atom stereocenters. The summed E-state index contributed by atoms with van der Waals surface area (Å²) in [6.45, 7) is 0.0215. The summed E-state index contributed by atoms with van der Waals surface area (Å²) in [5, 5.41) is 11.7. The molecule has 3 heterocycles. The molecule has 38 heavy (non-hydrogen) atoms. The first-order valence-corrected chi connectivity index (χ1v) is 13.0. The van der Waals surface area contributed by atoms with E-state index < -0.39 is 6.04 Å². The Morgan fingerprint density at radius 1 is 1.05 bits per heavy atom. The lowest BCUT2D eigenvalue weighted by Gasteiger charge is -2.33. The van der Waals surface area contributed by atoms with E-state index in [1.165, 1.54) is 6.42 Å². The Bertz CT molecular complexity index is 1470. The summed E-state index contributed by atoms with van der Waals surface area (Å²) < 4.78 is 14.6. The molecular weight excluding hydrogens is 484 g/mol. The monoisotopic (exact) mass is 514 g/mol. The van der Waals surface area contributed by atoms with Crippen LogP contribution in [0.25, 0.3) is 11.0 Å². The average molecular weight is 515 g/mol. The third kappa shape index (κ3) is 4.57. The molecule has 0 saturated heterocycles. The number of amides is 2. The molecule has 2 aromatic carbocycles. The van der Waals surface area contributed by atoms with Crippen molar-refractivity contribution < 1.29 is 19.1 Å². The van der Waals surface area contributed by atoms with Gasteiger partial charge in [-0.1, -0.05) is 36.6 Å². The van der Waals surface area contributed by atoms with Gasteiger partial charge in [-0.25, -0.2) is 4.68 Å². The second-order valence-corrected chi connectivity index (χ2v) is 9.83. The molecule has 4 aromatic rings. The number of nitrogens with one attached hydrogen (secondary N) is 1. The third-order valence-corrected chi connectivity index (χ3v) is 7.33. The topological polar surface area (TPSA) is 104 Å². The minimum Gasteiger partial charge on any atom is -0.454 e. The molecule has 1 saturated carbocycles. The highest BCUT2D eigenvalue weighted by molar-refractivity contribution is 6.01. The number of nitrogens with zero attached hydrogens (tertiary/aromatic N) is 5. The standard InChI is InChI=1S/C28H30N6O4/c1-32-15-7-12-23(32)27(28(36)29-19-8-3-2-4-9-19)34(20-13-14-24-25(16-20)38-18-37-24)26(35)17-33-22-11-6-5-10-21(22)30-31-33/h5-7,10-16,19,27H,2-4,8-9,17-18H2,1H3,(H,29,36)/t27-/m1/s1. The molecule has 6 rings (SSSR count). The maximum Gasteiger partial charge on any atom is 0.249 e. The van der Waals surface area contributed by atoms with Gasteiger partial charge in [0.05, 0.1) is 11.2 Å². The van der Waals surface area contributed by atoms with Gasteiger partial charge in [0.1, 0.15) is 12.1 Å². The first-order chi connectivity index (χ1) is 18.6. The van der Waals surface area contributed by atoms with E-state index in [1.807, 2.05) is 54.2 Å². The Hall–Kier alpha value is -4.34. The number of anilines is 1. The van der Waals surface area contributed by atoms with E-state index >= 15 is 0 Å². The third-order valence-electron chi connectivity index (χ3n) is 7.33. The lowest BCUT2D eigenvalue weighted by molar-refractivity contribution is -0.127. The smallest absolute Gasteiger partial charge is 0.249 e. The van der Waals surface area contributed by atoms with Gasteiger partial charge >= 0.3 is 0 Å². The zero-order chi connectivity index (χ0) is 26.1. The summed E-state index contributed by atoms with van der Waals surface area (Å²) in [6.07, 6.45) is 7.11. The van der Waals surface area contributed by atoms with E-state index in [-0.39, 0.29) is 31.2 Å². The van der Waals surface area contributed by atoms with Gasteiger partial charge in [0.15, 0.2) is 17.5 Å². The van der Waals surface area contributed by atoms with Crippen molar-refractivity contribution in [1.29, 1.82) is 0 Å². The molecule has 0 radical (unpaired) electrons. The van der Waals surface area contributed by atoms with Gasteiger partial charge in [-0.05, 0) is 49.2 Å². The van der Waals surface area contributed by atoms with E-state index in [9.17, 15) is 9.59 Å². The van der Waals surface area contributed by atoms with Gasteiger partial charge in [-0.15, -0.1) is 5.10 Å². The zero-order valence-electron chi connectivity index (χ0n) is 21.2. The fourth-order valence-electron chi connectivity index (χ4n) is 5.38. The number of para-hydroxylation sites is 1. The number of hydrogen-bond donors (Lipinski definition) is 1. The van der Waals surface area contributed by atoms with Crippen molar-refractivity contribution in [2.24, 2.45) is 7.05 Å². The van der Waals surface area contributed by atoms with Crippen LogP contribution in [0.15, 0.2) is 60.8 Å². The number of benzene rings is 2. The fraction of sp³-hybridized carbons (Fsp3) is 0.357. The lowest BCUT2D eigenvalue weighted by atomic mass is 9.95. The summed E-state index contributed by atoms with van der Waals surface area (Å²) in [5.74, 6) is 0.619. The van der Waals surface area contributed by atoms with Crippen LogP contribution >= 0.6 is 0 Å². The van der Waals surface area contributed by atoms with E-state index in [0.717, 1.165) is 31.2 Å². The maximum atomic E-state index is 14.2. The SMILES string of the molecule is Cn1cccc1[C@H](C(=O)NC1CCCCC1)N(C(=O)Cn1nnc2ccccc21)c1ccc2c(c1)OCO2. The molecule has 0 bridgehead atoms. The van der Waals surface area contributed by atoms with Crippen molar-refractivity contribution in [2.45, 2.75) is 50.7 Å². The Balaban J connectivity index is 1.41. The number of aryl methyl sites for hydroxylation is 1. The predicted molar refractivity (Wildman–Crippen MR) is 141 cm³/mol. The van der Waals surface area contributed by atoms with Crippen LogP contribution in [-0.2, 0) is 23.2 Å². The molecule has 2 aliphatic rings. The molecular formula is C28H30N6O4. The summed E-state index contributed by atoms with van der Waals surface area (Å²) in [4.78, 5) is 29.7. The molecule has 196 valence electrons. The number of carbonyl (C=O) groups is 2. The lowest BCUT2D eigenvalue weighted by Crippen LogP contribution is -2.48. The maximum absolute atomic E-state index is 14.2. The van der Waals surface area contributed by atoms with Crippen LogP contribution in [0.3, 0.4) is 0 Å². The Kier molecular flexibility index (Phi) is 6.45. The number of ether oxygens (including phenoxy) is 2. The largest absolute Gasteiger partial charge is 0.454 e. The minimum atomic E-state index is -0.903. The normalized spacial score (nSPS) is 15.9. The summed E-state index contributed by atoms with van der Waals surface area (Å²) in [5.41, 5.74) is 2.68. The van der Waals surface area contributed by atoms with Crippen LogP contribution in [0, 0.1) is 0 Å². The van der Waals surface area contributed by atoms with E-state index in [1.54, 1.807) is 27.8 Å². The van der Waals surface area contributed by atoms with E-state index in [0.29, 0.717) is 28.4 Å². The summed E-state index contributed by atoms with van der Waals surface area (Å²) >= 11 is 0. The van der Waals surface area contributed by atoms with Crippen molar-refractivity contribution in [2.75, 3.05) is 11.7 Å². The summed E-state index contributed by atoms with van der Waals surface area (Å²) in [7, 11) is 1.88. The molecule has 10 nitrogen and oxygen atoms in total. The molecule has 10 heteroatoms. The molecule has 0 spiro atoms. The van der Waals surface area contributed by atoms with Crippen LogP contribution in [-0.4, -0.2) is 44.2 Å². The first-order valence-electron chi connectivity index (χ1n) is 13.0. The van der Waals surface area contributed by atoms with Crippen LogP contribution in [0.1, 0.15) is 43.8 Å². The molecule has 1 N–H and O–H groups in total. The number of carbonyl (C=O) groups excluding carboxylic acids is 2. The van der Waals surface area contributed by atoms with Gasteiger partial charge in [0.25, 0.3) is 0 Å². The molecule has 2 aromatic heterocycles. The van der Waals surface area contributed by atoms with Gasteiger partial charge in [-0.3, -0.25) is 14.5 Å². The summed E-state index contributed by atoms with van der Waals surface area (Å²) in [6, 6.07) is 15.7. The Morgan fingerprint density at radius 2 is 1.87 bits per heavy atom. The van der Waals surface area contributed by atoms with Crippen molar-refractivity contribution in [3.05, 3.63) is 66.5 Å².